The Balaban J connectivity index is 1.54. The summed E-state index contributed by atoms with van der Waals surface area (Å²) in [7, 11) is 1.62. The van der Waals surface area contributed by atoms with Crippen molar-refractivity contribution in [3.63, 3.8) is 0 Å². The number of methoxy groups -OCH3 is 1. The van der Waals surface area contributed by atoms with Crippen molar-refractivity contribution in [1.82, 2.24) is 20.5 Å². The smallest absolute Gasteiger partial charge is 0.230 e. The first kappa shape index (κ1) is 19.3. The van der Waals surface area contributed by atoms with Gasteiger partial charge in [0.2, 0.25) is 11.1 Å². The van der Waals surface area contributed by atoms with E-state index < -0.39 is 0 Å². The Hall–Kier alpha value is -2.51. The van der Waals surface area contributed by atoms with Crippen molar-refractivity contribution in [3.8, 4) is 17.1 Å². The van der Waals surface area contributed by atoms with E-state index in [1.807, 2.05) is 49.4 Å². The zero-order chi connectivity index (χ0) is 19.2. The molecule has 0 aliphatic heterocycles. The summed E-state index contributed by atoms with van der Waals surface area (Å²) in [5, 5.41) is 11.2. The molecule has 8 heteroatoms. The summed E-state index contributed by atoms with van der Waals surface area (Å²) in [6.07, 6.45) is 0. The van der Waals surface area contributed by atoms with Crippen LogP contribution in [0.1, 0.15) is 18.5 Å². The zero-order valence-electron chi connectivity index (χ0n) is 14.9. The molecule has 2 aromatic carbocycles. The first-order valence-electron chi connectivity index (χ1n) is 8.29. The zero-order valence-corrected chi connectivity index (χ0v) is 16.5. The van der Waals surface area contributed by atoms with E-state index in [1.54, 1.807) is 13.2 Å². The lowest BCUT2D eigenvalue weighted by Crippen LogP contribution is -2.28. The molecule has 0 aliphatic carbocycles. The second-order valence-corrected chi connectivity index (χ2v) is 7.21. The maximum atomic E-state index is 12.2. The fourth-order valence-electron chi connectivity index (χ4n) is 2.46. The summed E-state index contributed by atoms with van der Waals surface area (Å²) in [5.74, 6) is 1.56. The first-order chi connectivity index (χ1) is 13.0. The molecule has 0 bridgehead atoms. The van der Waals surface area contributed by atoms with Gasteiger partial charge in [0.05, 0.1) is 18.9 Å². The molecule has 0 saturated heterocycles. The van der Waals surface area contributed by atoms with Crippen molar-refractivity contribution in [3.05, 3.63) is 59.1 Å². The fraction of sp³-hybridized carbons (Fsp3) is 0.211. The molecule has 0 saturated carbocycles. The van der Waals surface area contributed by atoms with E-state index >= 15 is 0 Å². The van der Waals surface area contributed by atoms with Gasteiger partial charge >= 0.3 is 0 Å². The van der Waals surface area contributed by atoms with Crippen LogP contribution in [0.3, 0.4) is 0 Å². The molecular formula is C19H19ClN4O2S. The highest BCUT2D eigenvalue weighted by Crippen LogP contribution is 2.22. The summed E-state index contributed by atoms with van der Waals surface area (Å²) < 4.78 is 5.14. The van der Waals surface area contributed by atoms with Gasteiger partial charge in [0.1, 0.15) is 5.75 Å². The molecule has 3 aromatic rings. The predicted molar refractivity (Wildman–Crippen MR) is 107 cm³/mol. The number of ether oxygens (including phenoxy) is 1. The fourth-order valence-corrected chi connectivity index (χ4v) is 3.27. The number of nitrogens with one attached hydrogen (secondary N) is 2. The average molecular weight is 403 g/mol. The summed E-state index contributed by atoms with van der Waals surface area (Å²) >= 11 is 7.27. The van der Waals surface area contributed by atoms with Crippen LogP contribution in [0.15, 0.2) is 53.7 Å². The van der Waals surface area contributed by atoms with Crippen LogP contribution in [0.25, 0.3) is 11.4 Å². The number of halogens is 1. The number of benzene rings is 2. The van der Waals surface area contributed by atoms with Crippen molar-refractivity contribution < 1.29 is 9.53 Å². The van der Waals surface area contributed by atoms with Crippen LogP contribution in [0.4, 0.5) is 0 Å². The lowest BCUT2D eigenvalue weighted by molar-refractivity contribution is -0.119. The monoisotopic (exact) mass is 402 g/mol. The van der Waals surface area contributed by atoms with E-state index in [9.17, 15) is 4.79 Å². The molecule has 0 radical (unpaired) electrons. The topological polar surface area (TPSA) is 79.9 Å². The second kappa shape index (κ2) is 8.92. The summed E-state index contributed by atoms with van der Waals surface area (Å²) in [4.78, 5) is 16.6. The van der Waals surface area contributed by atoms with Gasteiger partial charge < -0.3 is 10.1 Å². The minimum Gasteiger partial charge on any atom is -0.497 e. The van der Waals surface area contributed by atoms with Crippen LogP contribution in [0.5, 0.6) is 5.75 Å². The van der Waals surface area contributed by atoms with Gasteiger partial charge in [-0.3, -0.25) is 9.89 Å². The van der Waals surface area contributed by atoms with Gasteiger partial charge in [0.15, 0.2) is 5.82 Å². The normalized spacial score (nSPS) is 11.8. The minimum absolute atomic E-state index is 0.0942. The molecule has 0 fully saturated rings. The third-order valence-electron chi connectivity index (χ3n) is 3.89. The van der Waals surface area contributed by atoms with Crippen molar-refractivity contribution in [1.29, 1.82) is 0 Å². The van der Waals surface area contributed by atoms with E-state index in [0.29, 0.717) is 16.0 Å². The van der Waals surface area contributed by atoms with Crippen molar-refractivity contribution in [2.75, 3.05) is 12.9 Å². The summed E-state index contributed by atoms with van der Waals surface area (Å²) in [6.45, 7) is 1.92. The number of thioether (sulfide) groups is 1. The maximum Gasteiger partial charge on any atom is 0.230 e. The van der Waals surface area contributed by atoms with E-state index in [0.717, 1.165) is 16.9 Å². The van der Waals surface area contributed by atoms with Gasteiger partial charge in [-0.15, -0.1) is 5.10 Å². The highest BCUT2D eigenvalue weighted by Gasteiger charge is 2.12. The highest BCUT2D eigenvalue weighted by atomic mass is 35.5. The third kappa shape index (κ3) is 5.24. The molecule has 6 nitrogen and oxygen atoms in total. The quantitative estimate of drug-likeness (QED) is 0.581. The summed E-state index contributed by atoms with van der Waals surface area (Å²) in [6, 6.07) is 14.8. The molecule has 0 unspecified atom stereocenters. The van der Waals surface area contributed by atoms with Gasteiger partial charge in [0.25, 0.3) is 0 Å². The van der Waals surface area contributed by atoms with Gasteiger partial charge in [0, 0.05) is 10.6 Å². The third-order valence-corrected chi connectivity index (χ3v) is 4.97. The molecule has 140 valence electrons. The Morgan fingerprint density at radius 1 is 1.30 bits per heavy atom. The molecule has 1 aromatic heterocycles. The van der Waals surface area contributed by atoms with Gasteiger partial charge in [-0.25, -0.2) is 4.98 Å². The Morgan fingerprint density at radius 3 is 2.78 bits per heavy atom. The molecule has 2 N–H and O–H groups in total. The molecule has 0 spiro atoms. The Bertz CT molecular complexity index is 914. The number of rotatable bonds is 7. The van der Waals surface area contributed by atoms with Gasteiger partial charge in [-0.1, -0.05) is 35.5 Å². The standard InChI is InChI=1S/C19H19ClN4O2S/c1-12(14-4-3-5-15(20)10-14)21-17(25)11-27-19-22-18(23-24-19)13-6-8-16(26-2)9-7-13/h3-10,12H,11H2,1-2H3,(H,21,25)(H,22,23,24)/t12-/m1/s1. The van der Waals surface area contributed by atoms with Crippen LogP contribution in [0.2, 0.25) is 5.02 Å². The number of aromatic nitrogens is 3. The Kier molecular flexibility index (Phi) is 6.36. The largest absolute Gasteiger partial charge is 0.497 e. The first-order valence-corrected chi connectivity index (χ1v) is 9.66. The van der Waals surface area contributed by atoms with E-state index in [4.69, 9.17) is 16.3 Å². The van der Waals surface area contributed by atoms with Crippen LogP contribution in [0, 0.1) is 0 Å². The number of nitrogens with zero attached hydrogens (tertiary/aromatic N) is 2. The SMILES string of the molecule is COc1ccc(-c2nc(SCC(=O)N[C@H](C)c3cccc(Cl)c3)n[nH]2)cc1. The molecule has 1 heterocycles. The lowest BCUT2D eigenvalue weighted by atomic mass is 10.1. The van der Waals surface area contributed by atoms with Crippen molar-refractivity contribution in [2.24, 2.45) is 0 Å². The lowest BCUT2D eigenvalue weighted by Gasteiger charge is -2.14. The maximum absolute atomic E-state index is 12.2. The van der Waals surface area contributed by atoms with E-state index in [1.165, 1.54) is 11.8 Å². The van der Waals surface area contributed by atoms with E-state index in [-0.39, 0.29) is 17.7 Å². The molecule has 3 rings (SSSR count). The van der Waals surface area contributed by atoms with Crippen molar-refractivity contribution in [2.45, 2.75) is 18.1 Å². The number of hydrogen-bond acceptors (Lipinski definition) is 5. The molecule has 0 aliphatic rings. The van der Waals surface area contributed by atoms with Gasteiger partial charge in [-0.05, 0) is 48.9 Å². The molecule has 1 atom stereocenters. The van der Waals surface area contributed by atoms with Crippen LogP contribution in [-0.2, 0) is 4.79 Å². The predicted octanol–water partition coefficient (Wildman–Crippen LogP) is 4.10. The minimum atomic E-state index is -0.126. The second-order valence-electron chi connectivity index (χ2n) is 5.83. The van der Waals surface area contributed by atoms with Crippen LogP contribution >= 0.6 is 23.4 Å². The summed E-state index contributed by atoms with van der Waals surface area (Å²) in [5.41, 5.74) is 1.86. The molecule has 1 amide bonds. The highest BCUT2D eigenvalue weighted by molar-refractivity contribution is 7.99. The number of H-pyrrole nitrogens is 1. The molecular weight excluding hydrogens is 384 g/mol. The number of hydrogen-bond donors (Lipinski definition) is 2. The number of carbonyl (C=O) groups excluding carboxylic acids is 1. The molecule has 27 heavy (non-hydrogen) atoms. The van der Waals surface area contributed by atoms with E-state index in [2.05, 4.69) is 20.5 Å². The number of amides is 1. The number of aromatic amines is 1. The number of carbonyl (C=O) groups is 1. The van der Waals surface area contributed by atoms with Gasteiger partial charge in [-0.2, -0.15) is 0 Å². The van der Waals surface area contributed by atoms with Crippen molar-refractivity contribution >= 4 is 29.3 Å². The van der Waals surface area contributed by atoms with Crippen LogP contribution in [-0.4, -0.2) is 34.0 Å². The Labute approximate surface area is 166 Å². The average Bonchev–Trinajstić information content (AvgIpc) is 3.15. The Morgan fingerprint density at radius 2 is 2.07 bits per heavy atom. The van der Waals surface area contributed by atoms with Crippen LogP contribution < -0.4 is 10.1 Å².